The van der Waals surface area contributed by atoms with E-state index in [4.69, 9.17) is 0 Å². The summed E-state index contributed by atoms with van der Waals surface area (Å²) in [6.07, 6.45) is 0. The Hall–Kier alpha value is -1.77. The maximum absolute atomic E-state index is 13.7. The van der Waals surface area contributed by atoms with Gasteiger partial charge >= 0.3 is 0 Å². The molecule has 0 aromatic heterocycles. The minimum absolute atomic E-state index is 0. The third kappa shape index (κ3) is 2.40. The maximum Gasteiger partial charge on any atom is 0.166 e. The lowest BCUT2D eigenvalue weighted by Crippen LogP contribution is -1.94. The molecule has 0 unspecified atom stereocenters. The third-order valence-corrected chi connectivity index (χ3v) is 2.76. The van der Waals surface area contributed by atoms with Crippen LogP contribution in [0.5, 0.6) is 0 Å². The summed E-state index contributed by atoms with van der Waals surface area (Å²) in [4.78, 5) is 0. The molecule has 0 spiro atoms. The molecule has 0 nitrogen and oxygen atoms in total. The third-order valence-electron chi connectivity index (χ3n) is 2.76. The molecule has 0 atom stereocenters. The lowest BCUT2D eigenvalue weighted by Gasteiger charge is -2.07. The molecule has 0 amide bonds. The van der Waals surface area contributed by atoms with Gasteiger partial charge in [-0.05, 0) is 36.6 Å². The first-order valence-electron chi connectivity index (χ1n) is 5.22. The molecular weight excluding hydrogens is 237 g/mol. The Bertz CT molecular complexity index is 574. The van der Waals surface area contributed by atoms with Crippen molar-refractivity contribution in [1.82, 2.24) is 0 Å². The summed E-state index contributed by atoms with van der Waals surface area (Å²) in [6, 6.07) is 7.26. The van der Waals surface area contributed by atoms with Gasteiger partial charge in [0.15, 0.2) is 11.6 Å². The van der Waals surface area contributed by atoms with Gasteiger partial charge in [0, 0.05) is 5.56 Å². The van der Waals surface area contributed by atoms with Gasteiger partial charge in [0.05, 0.1) is 0 Å². The van der Waals surface area contributed by atoms with E-state index in [-0.39, 0.29) is 18.6 Å². The smallest absolute Gasteiger partial charge is 0.166 e. The first kappa shape index (κ1) is 14.3. The highest BCUT2D eigenvalue weighted by atomic mass is 19.2. The summed E-state index contributed by atoms with van der Waals surface area (Å²) in [5, 5.41) is 0. The Labute approximate surface area is 105 Å². The van der Waals surface area contributed by atoms with Crippen LogP contribution in [0.1, 0.15) is 18.6 Å². The second kappa shape index (κ2) is 5.25. The lowest BCUT2D eigenvalue weighted by molar-refractivity contribution is 0.505. The summed E-state index contributed by atoms with van der Waals surface area (Å²) in [5.74, 6) is -2.25. The van der Waals surface area contributed by atoms with E-state index in [1.54, 1.807) is 19.1 Å². The van der Waals surface area contributed by atoms with Crippen LogP contribution in [0.15, 0.2) is 30.3 Å². The van der Waals surface area contributed by atoms with Crippen LogP contribution in [0, 0.1) is 31.3 Å². The van der Waals surface area contributed by atoms with Gasteiger partial charge in [0.1, 0.15) is 5.82 Å². The average Bonchev–Trinajstić information content (AvgIpc) is 2.30. The molecule has 2 rings (SSSR count). The van der Waals surface area contributed by atoms with Crippen molar-refractivity contribution >= 4 is 0 Å². The topological polar surface area (TPSA) is 0 Å². The lowest BCUT2D eigenvalue weighted by atomic mass is 10.0. The van der Waals surface area contributed by atoms with Crippen LogP contribution >= 0.6 is 0 Å². The van der Waals surface area contributed by atoms with E-state index >= 15 is 0 Å². The molecule has 0 N–H and O–H groups in total. The van der Waals surface area contributed by atoms with Crippen LogP contribution < -0.4 is 0 Å². The Morgan fingerprint density at radius 3 is 2.00 bits per heavy atom. The van der Waals surface area contributed by atoms with Crippen LogP contribution in [-0.2, 0) is 0 Å². The second-order valence-electron chi connectivity index (χ2n) is 4.02. The van der Waals surface area contributed by atoms with Gasteiger partial charge in [-0.2, -0.15) is 0 Å². The summed E-state index contributed by atoms with van der Waals surface area (Å²) >= 11 is 0. The molecule has 0 saturated heterocycles. The normalized spacial score (nSPS) is 10.1. The van der Waals surface area contributed by atoms with Crippen molar-refractivity contribution < 1.29 is 13.2 Å². The SMILES string of the molecule is C.Cc1ccc(-c2ccc(C)c(F)c2F)cc1F. The summed E-state index contributed by atoms with van der Waals surface area (Å²) < 4.78 is 40.4. The van der Waals surface area contributed by atoms with E-state index in [1.165, 1.54) is 25.1 Å². The van der Waals surface area contributed by atoms with Crippen molar-refractivity contribution in [3.05, 3.63) is 58.9 Å². The number of aryl methyl sites for hydroxylation is 2. The van der Waals surface area contributed by atoms with Crippen molar-refractivity contribution in [2.75, 3.05) is 0 Å². The minimum Gasteiger partial charge on any atom is -0.207 e. The molecular formula is C15H15F3. The van der Waals surface area contributed by atoms with Crippen LogP contribution in [0.4, 0.5) is 13.2 Å². The quantitative estimate of drug-likeness (QED) is 0.668. The predicted octanol–water partition coefficient (Wildman–Crippen LogP) is 5.02. The fourth-order valence-corrected chi connectivity index (χ4v) is 1.63. The number of hydrogen-bond acceptors (Lipinski definition) is 0. The van der Waals surface area contributed by atoms with Crippen LogP contribution in [0.2, 0.25) is 0 Å². The first-order chi connectivity index (χ1) is 8.00. The highest BCUT2D eigenvalue weighted by molar-refractivity contribution is 5.65. The van der Waals surface area contributed by atoms with E-state index in [0.717, 1.165) is 0 Å². The van der Waals surface area contributed by atoms with Crippen LogP contribution in [-0.4, -0.2) is 0 Å². The summed E-state index contributed by atoms with van der Waals surface area (Å²) in [6.45, 7) is 3.10. The molecule has 96 valence electrons. The Balaban J connectivity index is 0.00000162. The van der Waals surface area contributed by atoms with E-state index in [1.807, 2.05) is 0 Å². The fourth-order valence-electron chi connectivity index (χ4n) is 1.63. The maximum atomic E-state index is 13.7. The van der Waals surface area contributed by atoms with Crippen LogP contribution in [0.25, 0.3) is 11.1 Å². The van der Waals surface area contributed by atoms with E-state index in [2.05, 4.69) is 0 Å². The van der Waals surface area contributed by atoms with Crippen molar-refractivity contribution in [2.24, 2.45) is 0 Å². The van der Waals surface area contributed by atoms with E-state index in [0.29, 0.717) is 11.1 Å². The van der Waals surface area contributed by atoms with Crippen molar-refractivity contribution in [3.8, 4) is 11.1 Å². The number of hydrogen-bond donors (Lipinski definition) is 0. The van der Waals surface area contributed by atoms with Gasteiger partial charge in [-0.15, -0.1) is 0 Å². The molecule has 0 bridgehead atoms. The summed E-state index contributed by atoms with van der Waals surface area (Å²) in [7, 11) is 0. The Morgan fingerprint density at radius 1 is 0.778 bits per heavy atom. The Morgan fingerprint density at radius 2 is 1.39 bits per heavy atom. The van der Waals surface area contributed by atoms with Gasteiger partial charge in [-0.3, -0.25) is 0 Å². The number of rotatable bonds is 1. The molecule has 2 aromatic carbocycles. The summed E-state index contributed by atoms with van der Waals surface area (Å²) in [5.41, 5.74) is 1.12. The molecule has 0 radical (unpaired) electrons. The number of halogens is 3. The molecule has 0 heterocycles. The van der Waals surface area contributed by atoms with Crippen LogP contribution in [0.3, 0.4) is 0 Å². The van der Waals surface area contributed by atoms with Gasteiger partial charge in [-0.1, -0.05) is 31.7 Å². The molecule has 18 heavy (non-hydrogen) atoms. The van der Waals surface area contributed by atoms with E-state index in [9.17, 15) is 13.2 Å². The fraction of sp³-hybridized carbons (Fsp3) is 0.200. The molecule has 0 aliphatic carbocycles. The minimum atomic E-state index is -0.937. The predicted molar refractivity (Wildman–Crippen MR) is 68.0 cm³/mol. The van der Waals surface area contributed by atoms with Crippen molar-refractivity contribution in [2.45, 2.75) is 21.3 Å². The molecule has 2 aromatic rings. The highest BCUT2D eigenvalue weighted by Gasteiger charge is 2.13. The molecule has 0 aliphatic heterocycles. The van der Waals surface area contributed by atoms with Gasteiger partial charge < -0.3 is 0 Å². The zero-order valence-corrected chi connectivity index (χ0v) is 9.52. The molecule has 3 heteroatoms. The zero-order valence-electron chi connectivity index (χ0n) is 9.52. The van der Waals surface area contributed by atoms with Crippen molar-refractivity contribution in [1.29, 1.82) is 0 Å². The largest absolute Gasteiger partial charge is 0.207 e. The molecule has 0 aliphatic rings. The van der Waals surface area contributed by atoms with E-state index < -0.39 is 17.5 Å². The van der Waals surface area contributed by atoms with Gasteiger partial charge in [0.2, 0.25) is 0 Å². The number of benzene rings is 2. The zero-order chi connectivity index (χ0) is 12.6. The van der Waals surface area contributed by atoms with Gasteiger partial charge in [-0.25, -0.2) is 13.2 Å². The molecule has 0 saturated carbocycles. The van der Waals surface area contributed by atoms with Crippen molar-refractivity contribution in [3.63, 3.8) is 0 Å². The first-order valence-corrected chi connectivity index (χ1v) is 5.22. The Kier molecular flexibility index (Phi) is 4.17. The van der Waals surface area contributed by atoms with Gasteiger partial charge in [0.25, 0.3) is 0 Å². The second-order valence-corrected chi connectivity index (χ2v) is 4.02. The highest BCUT2D eigenvalue weighted by Crippen LogP contribution is 2.27. The standard InChI is InChI=1S/C14H11F3.CH4/c1-8-3-5-10(7-12(8)15)11-6-4-9(2)13(16)14(11)17;/h3-7H,1-2H3;1H4. The molecule has 0 fully saturated rings. The average molecular weight is 252 g/mol. The monoisotopic (exact) mass is 252 g/mol.